The molecule has 1 aliphatic carbocycles. The summed E-state index contributed by atoms with van der Waals surface area (Å²) in [6.45, 7) is 7.32. The van der Waals surface area contributed by atoms with Gasteiger partial charge in [0.05, 0.1) is 0 Å². The minimum absolute atomic E-state index is 0.401. The van der Waals surface area contributed by atoms with Gasteiger partial charge in [0.15, 0.2) is 0 Å². The highest BCUT2D eigenvalue weighted by Crippen LogP contribution is 2.38. The Labute approximate surface area is 94.4 Å². The fraction of sp³-hybridized carbons (Fsp3) is 1.00. The normalized spacial score (nSPS) is 29.0. The number of hydrogen-bond donors (Lipinski definition) is 1. The summed E-state index contributed by atoms with van der Waals surface area (Å²) in [6, 6.07) is 0.895. The number of hydrogen-bond acceptors (Lipinski definition) is 2. The molecule has 2 rings (SSSR count). The van der Waals surface area contributed by atoms with Crippen molar-refractivity contribution in [2.45, 2.75) is 57.5 Å². The predicted molar refractivity (Wildman–Crippen MR) is 65.1 cm³/mol. The van der Waals surface area contributed by atoms with Crippen molar-refractivity contribution in [1.82, 2.24) is 10.2 Å². The lowest BCUT2D eigenvalue weighted by molar-refractivity contribution is 0.0967. The highest BCUT2D eigenvalue weighted by molar-refractivity contribution is 4.94. The average molecular weight is 210 g/mol. The van der Waals surface area contributed by atoms with Crippen LogP contribution in [0.3, 0.4) is 0 Å². The highest BCUT2D eigenvalue weighted by Gasteiger charge is 2.37. The van der Waals surface area contributed by atoms with Crippen molar-refractivity contribution in [2.24, 2.45) is 5.92 Å². The second-order valence-corrected chi connectivity index (χ2v) is 5.66. The molecule has 0 aromatic carbocycles. The van der Waals surface area contributed by atoms with Crippen molar-refractivity contribution in [3.63, 3.8) is 0 Å². The van der Waals surface area contributed by atoms with Crippen LogP contribution in [0.4, 0.5) is 0 Å². The third kappa shape index (κ3) is 2.54. The number of nitrogens with one attached hydrogen (secondary N) is 1. The maximum atomic E-state index is 3.48. The number of likely N-dealkylation sites (tertiary alicyclic amines) is 1. The third-order valence-corrected chi connectivity index (χ3v) is 4.56. The van der Waals surface area contributed by atoms with Crippen LogP contribution in [0.1, 0.15) is 46.0 Å². The summed E-state index contributed by atoms with van der Waals surface area (Å²) in [6.07, 6.45) is 6.94. The molecule has 0 radical (unpaired) electrons. The largest absolute Gasteiger partial charge is 0.314 e. The van der Waals surface area contributed by atoms with Crippen molar-refractivity contribution in [3.8, 4) is 0 Å². The molecule has 0 aromatic rings. The van der Waals surface area contributed by atoms with Crippen LogP contribution >= 0.6 is 0 Å². The Morgan fingerprint density at radius 3 is 2.33 bits per heavy atom. The molecule has 1 N–H and O–H groups in total. The minimum atomic E-state index is 0.401. The summed E-state index contributed by atoms with van der Waals surface area (Å²) in [5.74, 6) is 1.04. The minimum Gasteiger partial charge on any atom is -0.314 e. The third-order valence-electron chi connectivity index (χ3n) is 4.56. The van der Waals surface area contributed by atoms with E-state index in [0.717, 1.165) is 12.0 Å². The van der Waals surface area contributed by atoms with E-state index in [1.807, 2.05) is 0 Å². The Bertz CT molecular complexity index is 203. The first kappa shape index (κ1) is 11.4. The van der Waals surface area contributed by atoms with Crippen LogP contribution in [0.2, 0.25) is 0 Å². The lowest BCUT2D eigenvalue weighted by Gasteiger charge is -2.42. The van der Waals surface area contributed by atoms with E-state index in [1.165, 1.54) is 45.2 Å². The molecule has 1 saturated carbocycles. The predicted octanol–water partition coefficient (Wildman–Crippen LogP) is 2.25. The lowest BCUT2D eigenvalue weighted by Crippen LogP contribution is -2.52. The topological polar surface area (TPSA) is 15.3 Å². The summed E-state index contributed by atoms with van der Waals surface area (Å²) >= 11 is 0. The van der Waals surface area contributed by atoms with Gasteiger partial charge in [0.25, 0.3) is 0 Å². The molecule has 2 heteroatoms. The van der Waals surface area contributed by atoms with E-state index in [9.17, 15) is 0 Å². The van der Waals surface area contributed by atoms with Crippen molar-refractivity contribution in [3.05, 3.63) is 0 Å². The quantitative estimate of drug-likeness (QED) is 0.765. The van der Waals surface area contributed by atoms with Crippen LogP contribution in [-0.4, -0.2) is 36.6 Å². The molecule has 2 fully saturated rings. The van der Waals surface area contributed by atoms with Gasteiger partial charge in [-0.1, -0.05) is 6.92 Å². The van der Waals surface area contributed by atoms with Gasteiger partial charge in [-0.15, -0.1) is 0 Å². The molecular weight excluding hydrogens is 184 g/mol. The van der Waals surface area contributed by atoms with Crippen molar-refractivity contribution in [1.29, 1.82) is 0 Å². The fourth-order valence-corrected chi connectivity index (χ4v) is 2.97. The van der Waals surface area contributed by atoms with Gasteiger partial charge in [-0.25, -0.2) is 0 Å². The molecule has 0 spiro atoms. The maximum absolute atomic E-state index is 3.48. The standard InChI is InChI=1S/C13H26N2/c1-4-12(11-5-6-11)15-9-7-13(2,14-3)8-10-15/h11-12,14H,4-10H2,1-3H3. The average Bonchev–Trinajstić information content (AvgIpc) is 3.07. The summed E-state index contributed by atoms with van der Waals surface area (Å²) in [4.78, 5) is 2.75. The smallest absolute Gasteiger partial charge is 0.0174 e. The van der Waals surface area contributed by atoms with E-state index in [2.05, 4.69) is 31.1 Å². The molecule has 1 unspecified atom stereocenters. The van der Waals surface area contributed by atoms with E-state index in [1.54, 1.807) is 0 Å². The molecule has 1 atom stereocenters. The second kappa shape index (κ2) is 4.42. The molecule has 0 amide bonds. The Hall–Kier alpha value is -0.0800. The van der Waals surface area contributed by atoms with E-state index in [0.29, 0.717) is 5.54 Å². The first-order valence-corrected chi connectivity index (χ1v) is 6.61. The van der Waals surface area contributed by atoms with E-state index in [4.69, 9.17) is 0 Å². The molecule has 1 aliphatic heterocycles. The summed E-state index contributed by atoms with van der Waals surface area (Å²) < 4.78 is 0. The van der Waals surface area contributed by atoms with Gasteiger partial charge in [0.2, 0.25) is 0 Å². The Morgan fingerprint density at radius 1 is 1.33 bits per heavy atom. The molecule has 0 bridgehead atoms. The summed E-state index contributed by atoms with van der Waals surface area (Å²) in [7, 11) is 2.11. The molecule has 2 nitrogen and oxygen atoms in total. The zero-order chi connectivity index (χ0) is 10.9. The molecule has 0 aromatic heterocycles. The molecule has 15 heavy (non-hydrogen) atoms. The van der Waals surface area contributed by atoms with Crippen molar-refractivity contribution in [2.75, 3.05) is 20.1 Å². The second-order valence-electron chi connectivity index (χ2n) is 5.66. The zero-order valence-corrected chi connectivity index (χ0v) is 10.6. The molecular formula is C13H26N2. The number of nitrogens with zero attached hydrogens (tertiary/aromatic N) is 1. The molecule has 2 aliphatic rings. The number of piperidine rings is 1. The van der Waals surface area contributed by atoms with Crippen LogP contribution in [0.25, 0.3) is 0 Å². The SMILES string of the molecule is CCC(C1CC1)N1CCC(C)(NC)CC1. The summed E-state index contributed by atoms with van der Waals surface area (Å²) in [5.41, 5.74) is 0.401. The van der Waals surface area contributed by atoms with Gasteiger partial charge in [-0.05, 0) is 52.0 Å². The van der Waals surface area contributed by atoms with E-state index in [-0.39, 0.29) is 0 Å². The molecule has 88 valence electrons. The van der Waals surface area contributed by atoms with Crippen LogP contribution in [0.5, 0.6) is 0 Å². The Kier molecular flexibility index (Phi) is 3.36. The molecule has 1 saturated heterocycles. The summed E-state index contributed by atoms with van der Waals surface area (Å²) in [5, 5.41) is 3.48. The van der Waals surface area contributed by atoms with Crippen molar-refractivity contribution < 1.29 is 0 Å². The first-order valence-electron chi connectivity index (χ1n) is 6.61. The van der Waals surface area contributed by atoms with Crippen LogP contribution < -0.4 is 5.32 Å². The van der Waals surface area contributed by atoms with Gasteiger partial charge in [-0.3, -0.25) is 4.90 Å². The van der Waals surface area contributed by atoms with Crippen LogP contribution in [0.15, 0.2) is 0 Å². The Balaban J connectivity index is 1.86. The molecule has 1 heterocycles. The van der Waals surface area contributed by atoms with Crippen LogP contribution in [-0.2, 0) is 0 Å². The van der Waals surface area contributed by atoms with Gasteiger partial charge >= 0.3 is 0 Å². The van der Waals surface area contributed by atoms with Gasteiger partial charge < -0.3 is 5.32 Å². The van der Waals surface area contributed by atoms with E-state index >= 15 is 0 Å². The first-order chi connectivity index (χ1) is 7.18. The lowest BCUT2D eigenvalue weighted by atomic mass is 9.88. The van der Waals surface area contributed by atoms with Gasteiger partial charge in [0, 0.05) is 24.7 Å². The number of rotatable bonds is 4. The van der Waals surface area contributed by atoms with Gasteiger partial charge in [0.1, 0.15) is 0 Å². The van der Waals surface area contributed by atoms with Crippen LogP contribution in [0, 0.1) is 5.92 Å². The maximum Gasteiger partial charge on any atom is 0.0174 e. The van der Waals surface area contributed by atoms with Gasteiger partial charge in [-0.2, -0.15) is 0 Å². The highest BCUT2D eigenvalue weighted by atomic mass is 15.2. The van der Waals surface area contributed by atoms with E-state index < -0.39 is 0 Å². The van der Waals surface area contributed by atoms with Crippen molar-refractivity contribution >= 4 is 0 Å². The monoisotopic (exact) mass is 210 g/mol. The fourth-order valence-electron chi connectivity index (χ4n) is 2.97. The zero-order valence-electron chi connectivity index (χ0n) is 10.6. The Morgan fingerprint density at radius 2 is 1.93 bits per heavy atom.